The minimum Gasteiger partial charge on any atom is -0.381 e. The smallest absolute Gasteiger partial charge is 0.243 e. The first-order chi connectivity index (χ1) is 14.2. The number of nitrogens with zero attached hydrogens (tertiary/aromatic N) is 1. The van der Waals surface area contributed by atoms with Crippen LogP contribution in [0.25, 0.3) is 0 Å². The number of benzene rings is 2. The summed E-state index contributed by atoms with van der Waals surface area (Å²) in [4.78, 5) is 27.7. The van der Waals surface area contributed by atoms with Crippen LogP contribution < -0.4 is 5.32 Å². The molecule has 1 heterocycles. The van der Waals surface area contributed by atoms with E-state index in [0.29, 0.717) is 36.1 Å². The fourth-order valence-electron chi connectivity index (χ4n) is 4.04. The highest BCUT2D eigenvalue weighted by atomic mass is 35.5. The van der Waals surface area contributed by atoms with Gasteiger partial charge >= 0.3 is 0 Å². The van der Waals surface area contributed by atoms with E-state index >= 15 is 0 Å². The van der Waals surface area contributed by atoms with Crippen LogP contribution in [0.2, 0.25) is 10.0 Å². The fraction of sp³-hybridized carbons (Fsp3) is 0.391. The number of nitrogens with one attached hydrogen (secondary N) is 1. The molecule has 0 spiro atoms. The van der Waals surface area contributed by atoms with Crippen molar-refractivity contribution in [1.29, 1.82) is 0 Å². The molecule has 1 saturated heterocycles. The highest BCUT2D eigenvalue weighted by molar-refractivity contribution is 6.35. The average Bonchev–Trinajstić information content (AvgIpc) is 2.70. The first-order valence-electron chi connectivity index (χ1n) is 9.89. The van der Waals surface area contributed by atoms with E-state index in [4.69, 9.17) is 27.9 Å². The van der Waals surface area contributed by atoms with Gasteiger partial charge in [-0.2, -0.15) is 0 Å². The Bertz CT molecular complexity index is 935. The molecule has 1 fully saturated rings. The van der Waals surface area contributed by atoms with Gasteiger partial charge in [-0.15, -0.1) is 0 Å². The van der Waals surface area contributed by atoms with Crippen LogP contribution in [0.4, 0.5) is 5.69 Å². The van der Waals surface area contributed by atoms with Crippen molar-refractivity contribution in [2.45, 2.75) is 32.1 Å². The Morgan fingerprint density at radius 2 is 1.73 bits per heavy atom. The van der Waals surface area contributed by atoms with Gasteiger partial charge in [-0.1, -0.05) is 47.5 Å². The second-order valence-electron chi connectivity index (χ2n) is 7.79. The Hall–Kier alpha value is -2.08. The van der Waals surface area contributed by atoms with Gasteiger partial charge in [-0.25, -0.2) is 0 Å². The van der Waals surface area contributed by atoms with Crippen molar-refractivity contribution in [1.82, 2.24) is 4.90 Å². The lowest BCUT2D eigenvalue weighted by Gasteiger charge is -2.39. The molecular formula is C23H26Cl2N2O3. The van der Waals surface area contributed by atoms with Crippen LogP contribution in [-0.2, 0) is 19.7 Å². The molecule has 0 unspecified atom stereocenters. The average molecular weight is 449 g/mol. The monoisotopic (exact) mass is 448 g/mol. The quantitative estimate of drug-likeness (QED) is 0.717. The Kier molecular flexibility index (Phi) is 7.06. The summed E-state index contributed by atoms with van der Waals surface area (Å²) in [6.45, 7) is 4.73. The summed E-state index contributed by atoms with van der Waals surface area (Å²) >= 11 is 12.5. The SMILES string of the molecule is Cc1cccc(C)c1NC(=O)CN(C)C(=O)C1(c2ccc(Cl)cc2Cl)CCOCC1. The lowest BCUT2D eigenvalue weighted by atomic mass is 9.73. The zero-order valence-corrected chi connectivity index (χ0v) is 18.9. The highest BCUT2D eigenvalue weighted by Gasteiger charge is 2.44. The van der Waals surface area contributed by atoms with Gasteiger partial charge in [0, 0.05) is 36.0 Å². The summed E-state index contributed by atoms with van der Waals surface area (Å²) in [7, 11) is 1.65. The van der Waals surface area contributed by atoms with Crippen molar-refractivity contribution < 1.29 is 14.3 Å². The first-order valence-corrected chi connectivity index (χ1v) is 10.6. The number of para-hydroxylation sites is 1. The lowest BCUT2D eigenvalue weighted by molar-refractivity contribution is -0.142. The van der Waals surface area contributed by atoms with E-state index in [1.165, 1.54) is 4.90 Å². The van der Waals surface area contributed by atoms with Crippen LogP contribution in [0.5, 0.6) is 0 Å². The molecular weight excluding hydrogens is 423 g/mol. The third-order valence-electron chi connectivity index (χ3n) is 5.68. The van der Waals surface area contributed by atoms with Gasteiger partial charge in [0.05, 0.1) is 12.0 Å². The van der Waals surface area contributed by atoms with Gasteiger partial charge in [0.25, 0.3) is 0 Å². The predicted molar refractivity (Wildman–Crippen MR) is 120 cm³/mol. The number of hydrogen-bond donors (Lipinski definition) is 1. The van der Waals surface area contributed by atoms with Crippen LogP contribution >= 0.6 is 23.2 Å². The highest BCUT2D eigenvalue weighted by Crippen LogP contribution is 2.41. The molecule has 1 N–H and O–H groups in total. The van der Waals surface area contributed by atoms with Gasteiger partial charge < -0.3 is 15.0 Å². The summed E-state index contributed by atoms with van der Waals surface area (Å²) in [6, 6.07) is 11.0. The number of likely N-dealkylation sites (N-methyl/N-ethyl adjacent to an activating group) is 1. The molecule has 160 valence electrons. The maximum absolute atomic E-state index is 13.6. The molecule has 0 bridgehead atoms. The van der Waals surface area contributed by atoms with Crippen molar-refractivity contribution in [3.63, 3.8) is 0 Å². The number of carbonyl (C=O) groups excluding carboxylic acids is 2. The minimum absolute atomic E-state index is 0.0551. The Balaban J connectivity index is 1.82. The van der Waals surface area contributed by atoms with Crippen LogP contribution in [0, 0.1) is 13.8 Å². The van der Waals surface area contributed by atoms with Gasteiger partial charge in [-0.3, -0.25) is 9.59 Å². The third kappa shape index (κ3) is 4.64. The molecule has 2 aromatic rings. The summed E-state index contributed by atoms with van der Waals surface area (Å²) in [5.74, 6) is -0.389. The van der Waals surface area contributed by atoms with E-state index in [9.17, 15) is 9.59 Å². The van der Waals surface area contributed by atoms with Crippen molar-refractivity contribution in [3.8, 4) is 0 Å². The van der Waals surface area contributed by atoms with E-state index in [1.807, 2.05) is 32.0 Å². The second kappa shape index (κ2) is 9.38. The zero-order valence-electron chi connectivity index (χ0n) is 17.4. The molecule has 3 rings (SSSR count). The Labute approximate surface area is 187 Å². The van der Waals surface area contributed by atoms with Gasteiger partial charge in [-0.05, 0) is 55.5 Å². The number of halogens is 2. The molecule has 0 atom stereocenters. The Morgan fingerprint density at radius 3 is 2.33 bits per heavy atom. The standard InChI is InChI=1S/C23H26Cl2N2O3/c1-15-5-4-6-16(2)21(15)26-20(28)14-27(3)22(29)23(9-11-30-12-10-23)18-8-7-17(24)13-19(18)25/h4-8,13H,9-12,14H2,1-3H3,(H,26,28). The molecule has 2 aromatic carbocycles. The lowest BCUT2D eigenvalue weighted by Crippen LogP contribution is -2.50. The number of hydrogen-bond acceptors (Lipinski definition) is 3. The number of carbonyl (C=O) groups is 2. The minimum atomic E-state index is -0.840. The largest absolute Gasteiger partial charge is 0.381 e. The van der Waals surface area contributed by atoms with Gasteiger partial charge in [0.2, 0.25) is 11.8 Å². The van der Waals surface area contributed by atoms with Crippen molar-refractivity contribution in [2.24, 2.45) is 0 Å². The zero-order chi connectivity index (χ0) is 21.9. The first kappa shape index (κ1) is 22.6. The van der Waals surface area contributed by atoms with Crippen molar-refractivity contribution in [2.75, 3.05) is 32.1 Å². The molecule has 2 amide bonds. The second-order valence-corrected chi connectivity index (χ2v) is 8.64. The molecule has 7 heteroatoms. The third-order valence-corrected chi connectivity index (χ3v) is 6.22. The Morgan fingerprint density at radius 1 is 1.10 bits per heavy atom. The molecule has 0 radical (unpaired) electrons. The van der Waals surface area contributed by atoms with Crippen molar-refractivity contribution >= 4 is 40.7 Å². The van der Waals surface area contributed by atoms with E-state index in [0.717, 1.165) is 22.4 Å². The molecule has 5 nitrogen and oxygen atoms in total. The summed E-state index contributed by atoms with van der Waals surface area (Å²) in [6.07, 6.45) is 0.992. The van der Waals surface area contributed by atoms with Crippen LogP contribution in [0.15, 0.2) is 36.4 Å². The van der Waals surface area contributed by atoms with Crippen molar-refractivity contribution in [3.05, 3.63) is 63.1 Å². The van der Waals surface area contributed by atoms with Crippen LogP contribution in [-0.4, -0.2) is 43.5 Å². The summed E-state index contributed by atoms with van der Waals surface area (Å²) < 4.78 is 5.51. The number of amides is 2. The number of aryl methyl sites for hydroxylation is 2. The fourth-order valence-corrected chi connectivity index (χ4v) is 4.63. The normalized spacial score (nSPS) is 15.5. The molecule has 0 aliphatic carbocycles. The van der Waals surface area contributed by atoms with Gasteiger partial charge in [0.1, 0.15) is 0 Å². The molecule has 1 aliphatic heterocycles. The molecule has 0 aromatic heterocycles. The van der Waals surface area contributed by atoms with E-state index in [-0.39, 0.29) is 18.4 Å². The molecule has 0 saturated carbocycles. The number of ether oxygens (including phenoxy) is 1. The predicted octanol–water partition coefficient (Wildman–Crippen LogP) is 4.76. The summed E-state index contributed by atoms with van der Waals surface area (Å²) in [5.41, 5.74) is 2.62. The van der Waals surface area contributed by atoms with Crippen LogP contribution in [0.1, 0.15) is 29.5 Å². The van der Waals surface area contributed by atoms with E-state index in [2.05, 4.69) is 5.32 Å². The summed E-state index contributed by atoms with van der Waals surface area (Å²) in [5, 5.41) is 3.90. The van der Waals surface area contributed by atoms with Gasteiger partial charge in [0.15, 0.2) is 0 Å². The maximum atomic E-state index is 13.6. The maximum Gasteiger partial charge on any atom is 0.243 e. The number of anilines is 1. The topological polar surface area (TPSA) is 58.6 Å². The van der Waals surface area contributed by atoms with E-state index in [1.54, 1.807) is 25.2 Å². The molecule has 1 aliphatic rings. The number of rotatable bonds is 5. The van der Waals surface area contributed by atoms with E-state index < -0.39 is 5.41 Å². The molecule has 30 heavy (non-hydrogen) atoms. The van der Waals surface area contributed by atoms with Crippen LogP contribution in [0.3, 0.4) is 0 Å².